The Balaban J connectivity index is 1.92. The number of aryl methyl sites for hydroxylation is 1. The van der Waals surface area contributed by atoms with Crippen LogP contribution in [0.3, 0.4) is 0 Å². The number of hydrogen-bond donors (Lipinski definition) is 0. The van der Waals surface area contributed by atoms with E-state index in [-0.39, 0.29) is 12.4 Å². The third-order valence-electron chi connectivity index (χ3n) is 5.12. The van der Waals surface area contributed by atoms with E-state index in [1.54, 1.807) is 28.5 Å². The van der Waals surface area contributed by atoms with E-state index >= 15 is 0 Å². The van der Waals surface area contributed by atoms with Crippen LogP contribution in [0.4, 0.5) is 4.39 Å². The van der Waals surface area contributed by atoms with Crippen LogP contribution in [0.1, 0.15) is 11.1 Å². The summed E-state index contributed by atoms with van der Waals surface area (Å²) in [5.41, 5.74) is 2.90. The lowest BCUT2D eigenvalue weighted by Crippen LogP contribution is -2.39. The molecule has 3 aromatic carbocycles. The topological polar surface area (TPSA) is 44.0 Å². The van der Waals surface area contributed by atoms with Gasteiger partial charge >= 0.3 is 5.69 Å². The third-order valence-corrected chi connectivity index (χ3v) is 5.86. The van der Waals surface area contributed by atoms with Crippen molar-refractivity contribution in [2.75, 3.05) is 6.26 Å². The lowest BCUT2D eigenvalue weighted by Gasteiger charge is -2.16. The number of rotatable bonds is 5. The molecule has 4 rings (SSSR count). The molecule has 0 saturated carbocycles. The van der Waals surface area contributed by atoms with Gasteiger partial charge in [0.2, 0.25) is 0 Å². The van der Waals surface area contributed by atoms with E-state index in [0.717, 1.165) is 16.0 Å². The zero-order valence-electron chi connectivity index (χ0n) is 17.2. The molecule has 4 aromatic rings. The third kappa shape index (κ3) is 4.39. The summed E-state index contributed by atoms with van der Waals surface area (Å²) < 4.78 is 16.0. The summed E-state index contributed by atoms with van der Waals surface area (Å²) in [6, 6.07) is 22.6. The highest BCUT2D eigenvalue weighted by Crippen LogP contribution is 2.23. The first-order valence-corrected chi connectivity index (χ1v) is 11.0. The van der Waals surface area contributed by atoms with E-state index in [1.807, 2.05) is 61.7 Å². The van der Waals surface area contributed by atoms with E-state index < -0.39 is 11.2 Å². The Hall–Kier alpha value is -3.38. The molecule has 0 aliphatic heterocycles. The molecular weight excluding hydrogens is 411 g/mol. The Morgan fingerprint density at radius 1 is 0.871 bits per heavy atom. The molecule has 1 aromatic heterocycles. The summed E-state index contributed by atoms with van der Waals surface area (Å²) in [7, 11) is 0. The van der Waals surface area contributed by atoms with E-state index in [2.05, 4.69) is 0 Å². The molecule has 4 nitrogen and oxygen atoms in total. The zero-order chi connectivity index (χ0) is 22.0. The van der Waals surface area contributed by atoms with Gasteiger partial charge in [-0.2, -0.15) is 0 Å². The number of thioether (sulfide) groups is 1. The monoisotopic (exact) mass is 432 g/mol. The van der Waals surface area contributed by atoms with Gasteiger partial charge in [0, 0.05) is 11.0 Å². The molecule has 0 aliphatic rings. The first-order valence-electron chi connectivity index (χ1n) is 9.79. The summed E-state index contributed by atoms with van der Waals surface area (Å²) >= 11 is 1.61. The lowest BCUT2D eigenvalue weighted by molar-refractivity contribution is 0.624. The minimum Gasteiger partial charge on any atom is -0.269 e. The van der Waals surface area contributed by atoms with E-state index in [1.165, 1.54) is 22.8 Å². The molecule has 156 valence electrons. The maximum absolute atomic E-state index is 13.5. The van der Waals surface area contributed by atoms with Crippen LogP contribution >= 0.6 is 11.8 Å². The number of nitrogens with zero attached hydrogens (tertiary/aromatic N) is 2. The van der Waals surface area contributed by atoms with Crippen LogP contribution in [0.15, 0.2) is 93.3 Å². The van der Waals surface area contributed by atoms with Crippen molar-refractivity contribution in [3.05, 3.63) is 117 Å². The van der Waals surface area contributed by atoms with Crippen molar-refractivity contribution in [3.63, 3.8) is 0 Å². The van der Waals surface area contributed by atoms with E-state index in [0.29, 0.717) is 16.9 Å². The Kier molecular flexibility index (Phi) is 5.91. The standard InChI is InChI=1S/C25H21FN2O2S/c1-17-3-7-19(8-4-17)23-15-24(29)27(16-18-5-9-20(26)10-6-18)25(30)28(23)21-11-13-22(31-2)14-12-21/h3-15H,16H2,1-2H3. The molecule has 0 aliphatic carbocycles. The van der Waals surface area contributed by atoms with Crippen LogP contribution in [0.2, 0.25) is 0 Å². The Labute approximate surface area is 183 Å². The molecule has 31 heavy (non-hydrogen) atoms. The van der Waals surface area contributed by atoms with Crippen molar-refractivity contribution in [1.29, 1.82) is 0 Å². The quantitative estimate of drug-likeness (QED) is 0.422. The SMILES string of the molecule is CSc1ccc(-n2c(-c3ccc(C)cc3)cc(=O)n(Cc3ccc(F)cc3)c2=O)cc1. The van der Waals surface area contributed by atoms with Crippen molar-refractivity contribution in [2.24, 2.45) is 0 Å². The van der Waals surface area contributed by atoms with Crippen LogP contribution < -0.4 is 11.2 Å². The lowest BCUT2D eigenvalue weighted by atomic mass is 10.1. The van der Waals surface area contributed by atoms with Crippen molar-refractivity contribution in [3.8, 4) is 16.9 Å². The Morgan fingerprint density at radius 3 is 2.13 bits per heavy atom. The van der Waals surface area contributed by atoms with Gasteiger partial charge in [-0.1, -0.05) is 42.0 Å². The van der Waals surface area contributed by atoms with Gasteiger partial charge in [-0.25, -0.2) is 9.18 Å². The molecule has 0 N–H and O–H groups in total. The van der Waals surface area contributed by atoms with Gasteiger partial charge in [0.1, 0.15) is 5.82 Å². The number of benzene rings is 3. The summed E-state index contributed by atoms with van der Waals surface area (Å²) in [6.07, 6.45) is 1.99. The molecule has 1 heterocycles. The van der Waals surface area contributed by atoms with Crippen molar-refractivity contribution < 1.29 is 4.39 Å². The minimum absolute atomic E-state index is 0.0645. The predicted octanol–water partition coefficient (Wildman–Crippen LogP) is 4.88. The second-order valence-electron chi connectivity index (χ2n) is 7.26. The van der Waals surface area contributed by atoms with E-state index in [9.17, 15) is 14.0 Å². The molecule has 0 spiro atoms. The average molecular weight is 433 g/mol. The summed E-state index contributed by atoms with van der Waals surface area (Å²) in [5.74, 6) is -0.364. The molecule has 0 fully saturated rings. The largest absolute Gasteiger partial charge is 0.336 e. The fourth-order valence-corrected chi connectivity index (χ4v) is 3.82. The highest BCUT2D eigenvalue weighted by atomic mass is 32.2. The molecule has 0 saturated heterocycles. The fourth-order valence-electron chi connectivity index (χ4n) is 3.41. The van der Waals surface area contributed by atoms with Crippen LogP contribution in [-0.2, 0) is 6.54 Å². The molecule has 0 radical (unpaired) electrons. The van der Waals surface area contributed by atoms with Gasteiger partial charge in [-0.05, 0) is 60.7 Å². The predicted molar refractivity (Wildman–Crippen MR) is 124 cm³/mol. The Morgan fingerprint density at radius 2 is 1.52 bits per heavy atom. The van der Waals surface area contributed by atoms with E-state index in [4.69, 9.17) is 0 Å². The summed E-state index contributed by atoms with van der Waals surface area (Å²) in [6.45, 7) is 2.05. The smallest absolute Gasteiger partial charge is 0.269 e. The normalized spacial score (nSPS) is 10.9. The van der Waals surface area contributed by atoms with Crippen molar-refractivity contribution in [2.45, 2.75) is 18.4 Å². The summed E-state index contributed by atoms with van der Waals surface area (Å²) in [4.78, 5) is 27.5. The fraction of sp³-hybridized carbons (Fsp3) is 0.120. The second kappa shape index (κ2) is 8.78. The van der Waals surface area contributed by atoms with Gasteiger partial charge in [0.25, 0.3) is 5.56 Å². The van der Waals surface area contributed by atoms with Crippen molar-refractivity contribution >= 4 is 11.8 Å². The average Bonchev–Trinajstić information content (AvgIpc) is 2.78. The number of hydrogen-bond acceptors (Lipinski definition) is 3. The molecular formula is C25H21FN2O2S. The molecule has 0 atom stereocenters. The molecule has 0 amide bonds. The number of aromatic nitrogens is 2. The molecule has 0 bridgehead atoms. The van der Waals surface area contributed by atoms with Crippen LogP contribution in [-0.4, -0.2) is 15.4 Å². The van der Waals surface area contributed by atoms with Gasteiger partial charge in [0.15, 0.2) is 0 Å². The minimum atomic E-state index is -0.440. The van der Waals surface area contributed by atoms with Crippen LogP contribution in [0.25, 0.3) is 16.9 Å². The van der Waals surface area contributed by atoms with Gasteiger partial charge in [-0.3, -0.25) is 13.9 Å². The maximum atomic E-state index is 13.5. The van der Waals surface area contributed by atoms with Gasteiger partial charge in [0.05, 0.1) is 17.9 Å². The second-order valence-corrected chi connectivity index (χ2v) is 8.14. The first kappa shape index (κ1) is 20.9. The zero-order valence-corrected chi connectivity index (χ0v) is 18.0. The number of halogens is 1. The van der Waals surface area contributed by atoms with Gasteiger partial charge in [-0.15, -0.1) is 11.8 Å². The highest BCUT2D eigenvalue weighted by Gasteiger charge is 2.15. The highest BCUT2D eigenvalue weighted by molar-refractivity contribution is 7.98. The van der Waals surface area contributed by atoms with Crippen molar-refractivity contribution in [1.82, 2.24) is 9.13 Å². The summed E-state index contributed by atoms with van der Waals surface area (Å²) in [5, 5.41) is 0. The van der Waals surface area contributed by atoms with Crippen LogP contribution in [0.5, 0.6) is 0 Å². The Bertz CT molecular complexity index is 1320. The maximum Gasteiger partial charge on any atom is 0.336 e. The van der Waals surface area contributed by atoms with Crippen LogP contribution in [0, 0.1) is 12.7 Å². The van der Waals surface area contributed by atoms with Gasteiger partial charge < -0.3 is 0 Å². The molecule has 6 heteroatoms. The molecule has 0 unspecified atom stereocenters. The first-order chi connectivity index (χ1) is 15.0.